The molecule has 1 aliphatic carbocycles. The van der Waals surface area contributed by atoms with Gasteiger partial charge in [0.05, 0.1) is 12.7 Å². The van der Waals surface area contributed by atoms with Gasteiger partial charge < -0.3 is 15.2 Å². The molecule has 0 aromatic carbocycles. The Kier molecular flexibility index (Phi) is 2.82. The highest BCUT2D eigenvalue weighted by atomic mass is 16.7. The topological polar surface area (TPSA) is 44.5 Å². The van der Waals surface area contributed by atoms with Crippen LogP contribution in [0.5, 0.6) is 0 Å². The SMILES string of the molecule is CC1CCCC2(OCC(CN)O2)C1C. The molecule has 0 amide bonds. The largest absolute Gasteiger partial charge is 0.347 e. The van der Waals surface area contributed by atoms with E-state index < -0.39 is 0 Å². The summed E-state index contributed by atoms with van der Waals surface area (Å²) in [7, 11) is 0. The van der Waals surface area contributed by atoms with Gasteiger partial charge in [-0.1, -0.05) is 20.3 Å². The third kappa shape index (κ3) is 1.58. The Morgan fingerprint density at radius 2 is 2.21 bits per heavy atom. The van der Waals surface area contributed by atoms with Crippen LogP contribution >= 0.6 is 0 Å². The van der Waals surface area contributed by atoms with Gasteiger partial charge in [0.15, 0.2) is 5.79 Å². The van der Waals surface area contributed by atoms with Crippen LogP contribution in [0.15, 0.2) is 0 Å². The van der Waals surface area contributed by atoms with Gasteiger partial charge in [-0.15, -0.1) is 0 Å². The normalized spacial score (nSPS) is 48.6. The molecule has 1 saturated carbocycles. The van der Waals surface area contributed by atoms with Crippen LogP contribution in [-0.2, 0) is 9.47 Å². The molecule has 1 heterocycles. The molecule has 1 saturated heterocycles. The predicted molar refractivity (Wildman–Crippen MR) is 54.8 cm³/mol. The van der Waals surface area contributed by atoms with E-state index in [-0.39, 0.29) is 11.9 Å². The highest BCUT2D eigenvalue weighted by Gasteiger charge is 2.48. The zero-order valence-electron chi connectivity index (χ0n) is 9.16. The van der Waals surface area contributed by atoms with Crippen LogP contribution in [0.1, 0.15) is 33.1 Å². The zero-order chi connectivity index (χ0) is 10.2. The van der Waals surface area contributed by atoms with E-state index in [1.165, 1.54) is 12.8 Å². The van der Waals surface area contributed by atoms with Crippen molar-refractivity contribution in [2.75, 3.05) is 13.2 Å². The molecular formula is C11H21NO2. The average Bonchev–Trinajstić information content (AvgIpc) is 2.59. The van der Waals surface area contributed by atoms with Gasteiger partial charge in [-0.3, -0.25) is 0 Å². The van der Waals surface area contributed by atoms with Gasteiger partial charge in [-0.05, 0) is 12.3 Å². The molecular weight excluding hydrogens is 178 g/mol. The average molecular weight is 199 g/mol. The molecule has 1 spiro atoms. The Balaban J connectivity index is 2.07. The van der Waals surface area contributed by atoms with Crippen LogP contribution in [-0.4, -0.2) is 25.0 Å². The van der Waals surface area contributed by atoms with Crippen molar-refractivity contribution in [1.29, 1.82) is 0 Å². The number of hydrogen-bond donors (Lipinski definition) is 1. The first kappa shape index (κ1) is 10.4. The first-order valence-electron chi connectivity index (χ1n) is 5.70. The maximum Gasteiger partial charge on any atom is 0.171 e. The Labute approximate surface area is 85.9 Å². The summed E-state index contributed by atoms with van der Waals surface area (Å²) in [4.78, 5) is 0. The Bertz CT molecular complexity index is 209. The fourth-order valence-corrected chi connectivity index (χ4v) is 2.65. The fourth-order valence-electron chi connectivity index (χ4n) is 2.65. The number of hydrogen-bond acceptors (Lipinski definition) is 3. The van der Waals surface area contributed by atoms with Crippen molar-refractivity contribution >= 4 is 0 Å². The summed E-state index contributed by atoms with van der Waals surface area (Å²) in [6, 6.07) is 0. The van der Waals surface area contributed by atoms with Gasteiger partial charge in [-0.2, -0.15) is 0 Å². The summed E-state index contributed by atoms with van der Waals surface area (Å²) >= 11 is 0. The monoisotopic (exact) mass is 199 g/mol. The van der Waals surface area contributed by atoms with E-state index in [1.54, 1.807) is 0 Å². The van der Waals surface area contributed by atoms with Crippen molar-refractivity contribution in [2.24, 2.45) is 17.6 Å². The van der Waals surface area contributed by atoms with Gasteiger partial charge in [0.25, 0.3) is 0 Å². The van der Waals surface area contributed by atoms with Crippen molar-refractivity contribution in [1.82, 2.24) is 0 Å². The molecule has 82 valence electrons. The van der Waals surface area contributed by atoms with Crippen LogP contribution in [0.25, 0.3) is 0 Å². The molecule has 2 rings (SSSR count). The highest BCUT2D eigenvalue weighted by molar-refractivity contribution is 4.90. The molecule has 2 aliphatic rings. The van der Waals surface area contributed by atoms with Gasteiger partial charge in [0.2, 0.25) is 0 Å². The smallest absolute Gasteiger partial charge is 0.171 e. The third-order valence-corrected chi connectivity index (χ3v) is 3.87. The third-order valence-electron chi connectivity index (χ3n) is 3.87. The number of ether oxygens (including phenoxy) is 2. The van der Waals surface area contributed by atoms with Crippen molar-refractivity contribution in [3.8, 4) is 0 Å². The van der Waals surface area contributed by atoms with Crippen molar-refractivity contribution in [3.63, 3.8) is 0 Å². The van der Waals surface area contributed by atoms with Gasteiger partial charge in [0.1, 0.15) is 0 Å². The molecule has 2 N–H and O–H groups in total. The first-order chi connectivity index (χ1) is 6.68. The quantitative estimate of drug-likeness (QED) is 0.696. The maximum absolute atomic E-state index is 5.97. The Morgan fingerprint density at radius 3 is 2.86 bits per heavy atom. The molecule has 0 aromatic heterocycles. The summed E-state index contributed by atoms with van der Waals surface area (Å²) in [5.74, 6) is 0.884. The summed E-state index contributed by atoms with van der Waals surface area (Å²) in [6.45, 7) is 5.77. The lowest BCUT2D eigenvalue weighted by molar-refractivity contribution is -0.227. The lowest BCUT2D eigenvalue weighted by Crippen LogP contribution is -2.44. The van der Waals surface area contributed by atoms with Gasteiger partial charge >= 0.3 is 0 Å². The molecule has 0 aromatic rings. The van der Waals surface area contributed by atoms with Crippen molar-refractivity contribution < 1.29 is 9.47 Å². The van der Waals surface area contributed by atoms with Crippen LogP contribution in [0.4, 0.5) is 0 Å². The Hall–Kier alpha value is -0.120. The Morgan fingerprint density at radius 1 is 1.43 bits per heavy atom. The molecule has 4 unspecified atom stereocenters. The van der Waals surface area contributed by atoms with Gasteiger partial charge in [0, 0.05) is 18.9 Å². The van der Waals surface area contributed by atoms with Crippen LogP contribution in [0.2, 0.25) is 0 Å². The van der Waals surface area contributed by atoms with E-state index in [0.717, 1.165) is 6.42 Å². The lowest BCUT2D eigenvalue weighted by atomic mass is 9.77. The summed E-state index contributed by atoms with van der Waals surface area (Å²) in [5.41, 5.74) is 5.60. The van der Waals surface area contributed by atoms with E-state index in [0.29, 0.717) is 25.0 Å². The molecule has 1 aliphatic heterocycles. The predicted octanol–water partition coefficient (Wildman–Crippen LogP) is 1.51. The molecule has 3 heteroatoms. The second kappa shape index (κ2) is 3.80. The van der Waals surface area contributed by atoms with Crippen molar-refractivity contribution in [2.45, 2.75) is 45.0 Å². The molecule has 0 radical (unpaired) electrons. The maximum atomic E-state index is 5.97. The first-order valence-corrected chi connectivity index (χ1v) is 5.70. The van der Waals surface area contributed by atoms with Crippen molar-refractivity contribution in [3.05, 3.63) is 0 Å². The molecule has 14 heavy (non-hydrogen) atoms. The van der Waals surface area contributed by atoms with E-state index in [9.17, 15) is 0 Å². The minimum atomic E-state index is -0.304. The molecule has 3 nitrogen and oxygen atoms in total. The van der Waals surface area contributed by atoms with Crippen LogP contribution in [0.3, 0.4) is 0 Å². The molecule has 2 fully saturated rings. The fraction of sp³-hybridized carbons (Fsp3) is 1.00. The van der Waals surface area contributed by atoms with Crippen LogP contribution in [0, 0.1) is 11.8 Å². The molecule has 0 bridgehead atoms. The summed E-state index contributed by atoms with van der Waals surface area (Å²) in [5, 5.41) is 0. The molecule has 4 atom stereocenters. The second-order valence-electron chi connectivity index (χ2n) is 4.76. The second-order valence-corrected chi connectivity index (χ2v) is 4.76. The van der Waals surface area contributed by atoms with E-state index in [1.807, 2.05) is 0 Å². The minimum Gasteiger partial charge on any atom is -0.347 e. The highest BCUT2D eigenvalue weighted by Crippen LogP contribution is 2.44. The minimum absolute atomic E-state index is 0.114. The lowest BCUT2D eigenvalue weighted by Gasteiger charge is -2.41. The summed E-state index contributed by atoms with van der Waals surface area (Å²) in [6.07, 6.45) is 3.66. The standard InChI is InChI=1S/C11H21NO2/c1-8-4-3-5-11(9(8)2)13-7-10(6-12)14-11/h8-10H,3-7,12H2,1-2H3. The van der Waals surface area contributed by atoms with Gasteiger partial charge in [-0.25, -0.2) is 0 Å². The van der Waals surface area contributed by atoms with Crippen LogP contribution < -0.4 is 5.73 Å². The van der Waals surface area contributed by atoms with E-state index in [2.05, 4.69) is 13.8 Å². The number of nitrogens with two attached hydrogens (primary N) is 1. The number of rotatable bonds is 1. The zero-order valence-corrected chi connectivity index (χ0v) is 9.16. The van der Waals surface area contributed by atoms with E-state index in [4.69, 9.17) is 15.2 Å². The summed E-state index contributed by atoms with van der Waals surface area (Å²) < 4.78 is 11.8. The van der Waals surface area contributed by atoms with E-state index >= 15 is 0 Å².